The smallest absolute Gasteiger partial charge is 0.270 e. The molecule has 0 aliphatic carbocycles. The topological polar surface area (TPSA) is 81.9 Å². The van der Waals surface area contributed by atoms with Gasteiger partial charge >= 0.3 is 0 Å². The summed E-state index contributed by atoms with van der Waals surface area (Å²) in [5, 5.41) is 15.4. The molecule has 35 heavy (non-hydrogen) atoms. The number of unbranched alkanes of at least 4 members (excludes halogenated alkanes) is 3. The normalized spacial score (nSPS) is 10.9. The summed E-state index contributed by atoms with van der Waals surface area (Å²) >= 11 is 3.03. The Labute approximate surface area is 214 Å². The fourth-order valence-corrected chi connectivity index (χ4v) is 5.32. The SMILES string of the molecule is CCCCCCNC(=O)c1csc(CSc2nnc(-c3cccc(OC)c3)n2-c2ccccc2)n1. The number of aromatic nitrogens is 4. The Balaban J connectivity index is 1.48. The number of thiazole rings is 1. The standard InChI is InChI=1S/C26H29N5O2S2/c1-3-4-5-9-15-27-25(32)22-17-34-23(28-22)18-35-26-30-29-24(19-11-10-14-21(16-19)33-2)31(26)20-12-7-6-8-13-20/h6-8,10-14,16-17H,3-5,9,15,18H2,1-2H3,(H,27,32). The summed E-state index contributed by atoms with van der Waals surface area (Å²) in [6.45, 7) is 2.86. The lowest BCUT2D eigenvalue weighted by Gasteiger charge is -2.10. The van der Waals surface area contributed by atoms with Gasteiger partial charge in [-0.15, -0.1) is 21.5 Å². The minimum absolute atomic E-state index is 0.109. The van der Waals surface area contributed by atoms with Gasteiger partial charge in [0.1, 0.15) is 16.5 Å². The van der Waals surface area contributed by atoms with Gasteiger partial charge in [0, 0.05) is 23.2 Å². The van der Waals surface area contributed by atoms with Gasteiger partial charge in [-0.05, 0) is 30.7 Å². The number of para-hydroxylation sites is 1. The van der Waals surface area contributed by atoms with Crippen LogP contribution in [0.3, 0.4) is 0 Å². The molecule has 182 valence electrons. The highest BCUT2D eigenvalue weighted by atomic mass is 32.2. The zero-order chi connectivity index (χ0) is 24.5. The zero-order valence-corrected chi connectivity index (χ0v) is 21.6. The van der Waals surface area contributed by atoms with Crippen LogP contribution in [-0.4, -0.2) is 39.3 Å². The third kappa shape index (κ3) is 6.49. The molecule has 0 aliphatic heterocycles. The molecule has 7 nitrogen and oxygen atoms in total. The molecule has 0 saturated carbocycles. The molecule has 0 atom stereocenters. The first kappa shape index (κ1) is 24.9. The van der Waals surface area contributed by atoms with Gasteiger partial charge in [0.05, 0.1) is 12.9 Å². The third-order valence-electron chi connectivity index (χ3n) is 5.40. The van der Waals surface area contributed by atoms with E-state index in [0.29, 0.717) is 18.0 Å². The van der Waals surface area contributed by atoms with E-state index in [0.717, 1.165) is 45.8 Å². The number of methoxy groups -OCH3 is 1. The second-order valence-electron chi connectivity index (χ2n) is 7.94. The van der Waals surface area contributed by atoms with Crippen molar-refractivity contribution in [3.8, 4) is 22.8 Å². The first-order valence-electron chi connectivity index (χ1n) is 11.7. The van der Waals surface area contributed by atoms with Crippen LogP contribution in [-0.2, 0) is 5.75 Å². The van der Waals surface area contributed by atoms with Crippen LogP contribution < -0.4 is 10.1 Å². The third-order valence-corrected chi connectivity index (χ3v) is 7.37. The molecule has 0 saturated heterocycles. The maximum absolute atomic E-state index is 12.4. The molecule has 4 aromatic rings. The molecule has 1 amide bonds. The summed E-state index contributed by atoms with van der Waals surface area (Å²) in [4.78, 5) is 16.9. The van der Waals surface area contributed by atoms with Gasteiger partial charge in [0.15, 0.2) is 11.0 Å². The van der Waals surface area contributed by atoms with Gasteiger partial charge in [-0.3, -0.25) is 9.36 Å². The fourth-order valence-electron chi connectivity index (χ4n) is 3.57. The van der Waals surface area contributed by atoms with Crippen LogP contribution in [0, 0.1) is 0 Å². The number of carbonyl (C=O) groups is 1. The van der Waals surface area contributed by atoms with Crippen LogP contribution in [0.15, 0.2) is 65.1 Å². The van der Waals surface area contributed by atoms with E-state index in [9.17, 15) is 4.79 Å². The number of nitrogens with zero attached hydrogens (tertiary/aromatic N) is 4. The number of amides is 1. The highest BCUT2D eigenvalue weighted by Crippen LogP contribution is 2.31. The fraction of sp³-hybridized carbons (Fsp3) is 0.308. The van der Waals surface area contributed by atoms with Crippen LogP contribution in [0.1, 0.15) is 48.1 Å². The second-order valence-corrected chi connectivity index (χ2v) is 9.83. The molecule has 9 heteroatoms. The summed E-state index contributed by atoms with van der Waals surface area (Å²) in [5.74, 6) is 1.98. The highest BCUT2D eigenvalue weighted by Gasteiger charge is 2.18. The number of benzene rings is 2. The Morgan fingerprint density at radius 1 is 1.09 bits per heavy atom. The zero-order valence-electron chi connectivity index (χ0n) is 19.9. The average Bonchev–Trinajstić information content (AvgIpc) is 3.55. The van der Waals surface area contributed by atoms with Gasteiger partial charge in [-0.2, -0.15) is 0 Å². The van der Waals surface area contributed by atoms with Gasteiger partial charge in [-0.1, -0.05) is 68.3 Å². The maximum Gasteiger partial charge on any atom is 0.270 e. The number of hydrogen-bond donors (Lipinski definition) is 1. The van der Waals surface area contributed by atoms with Gasteiger partial charge in [0.25, 0.3) is 5.91 Å². The van der Waals surface area contributed by atoms with E-state index in [1.807, 2.05) is 64.5 Å². The summed E-state index contributed by atoms with van der Waals surface area (Å²) < 4.78 is 7.43. The summed E-state index contributed by atoms with van der Waals surface area (Å²) in [5.41, 5.74) is 2.36. The van der Waals surface area contributed by atoms with E-state index >= 15 is 0 Å². The van der Waals surface area contributed by atoms with Crippen molar-refractivity contribution in [2.24, 2.45) is 0 Å². The molecule has 2 aromatic carbocycles. The molecule has 0 aliphatic rings. The van der Waals surface area contributed by atoms with E-state index in [1.165, 1.54) is 24.2 Å². The van der Waals surface area contributed by atoms with E-state index in [1.54, 1.807) is 18.9 Å². The van der Waals surface area contributed by atoms with Crippen molar-refractivity contribution in [1.82, 2.24) is 25.1 Å². The maximum atomic E-state index is 12.4. The minimum atomic E-state index is -0.109. The Kier molecular flexibility index (Phi) is 8.91. The van der Waals surface area contributed by atoms with Crippen molar-refractivity contribution in [3.63, 3.8) is 0 Å². The molecule has 0 spiro atoms. The van der Waals surface area contributed by atoms with Crippen molar-refractivity contribution in [2.75, 3.05) is 13.7 Å². The molecular formula is C26H29N5O2S2. The largest absolute Gasteiger partial charge is 0.497 e. The van der Waals surface area contributed by atoms with E-state index in [4.69, 9.17) is 4.74 Å². The summed E-state index contributed by atoms with van der Waals surface area (Å²) in [6.07, 6.45) is 4.51. The highest BCUT2D eigenvalue weighted by molar-refractivity contribution is 7.98. The van der Waals surface area contributed by atoms with E-state index < -0.39 is 0 Å². The lowest BCUT2D eigenvalue weighted by molar-refractivity contribution is 0.0948. The number of nitrogens with one attached hydrogen (secondary N) is 1. The summed E-state index contributed by atoms with van der Waals surface area (Å²) in [6, 6.07) is 17.8. The summed E-state index contributed by atoms with van der Waals surface area (Å²) in [7, 11) is 1.65. The lowest BCUT2D eigenvalue weighted by Crippen LogP contribution is -2.24. The minimum Gasteiger partial charge on any atom is -0.497 e. The van der Waals surface area contributed by atoms with E-state index in [2.05, 4.69) is 27.4 Å². The van der Waals surface area contributed by atoms with Crippen molar-refractivity contribution in [1.29, 1.82) is 0 Å². The lowest BCUT2D eigenvalue weighted by atomic mass is 10.2. The Morgan fingerprint density at radius 2 is 1.94 bits per heavy atom. The molecule has 0 bridgehead atoms. The van der Waals surface area contributed by atoms with Crippen molar-refractivity contribution >= 4 is 29.0 Å². The van der Waals surface area contributed by atoms with Crippen LogP contribution >= 0.6 is 23.1 Å². The molecular weight excluding hydrogens is 478 g/mol. The van der Waals surface area contributed by atoms with E-state index in [-0.39, 0.29) is 5.91 Å². The van der Waals surface area contributed by atoms with Gasteiger partial charge in [-0.25, -0.2) is 4.98 Å². The molecule has 0 fully saturated rings. The monoisotopic (exact) mass is 507 g/mol. The molecule has 4 rings (SSSR count). The molecule has 2 heterocycles. The first-order valence-corrected chi connectivity index (χ1v) is 13.6. The molecule has 1 N–H and O–H groups in total. The van der Waals surface area contributed by atoms with Crippen LogP contribution in [0.2, 0.25) is 0 Å². The first-order chi connectivity index (χ1) is 17.2. The Hall–Kier alpha value is -3.17. The quantitative estimate of drug-likeness (QED) is 0.187. The van der Waals surface area contributed by atoms with Crippen molar-refractivity contribution in [3.05, 3.63) is 70.7 Å². The molecule has 2 aromatic heterocycles. The van der Waals surface area contributed by atoms with Gasteiger partial charge in [0.2, 0.25) is 0 Å². The van der Waals surface area contributed by atoms with Crippen molar-refractivity contribution < 1.29 is 9.53 Å². The Bertz CT molecular complexity index is 1240. The molecule has 0 radical (unpaired) electrons. The molecule has 0 unspecified atom stereocenters. The average molecular weight is 508 g/mol. The Morgan fingerprint density at radius 3 is 2.74 bits per heavy atom. The number of ether oxygens (including phenoxy) is 1. The van der Waals surface area contributed by atoms with Crippen LogP contribution in [0.4, 0.5) is 0 Å². The second kappa shape index (κ2) is 12.5. The number of hydrogen-bond acceptors (Lipinski definition) is 7. The number of thioether (sulfide) groups is 1. The predicted octanol–water partition coefficient (Wildman–Crippen LogP) is 6.00. The number of carbonyl (C=O) groups excluding carboxylic acids is 1. The van der Waals surface area contributed by atoms with Crippen molar-refractivity contribution in [2.45, 2.75) is 43.5 Å². The number of rotatable bonds is 12. The predicted molar refractivity (Wildman–Crippen MR) is 141 cm³/mol. The van der Waals surface area contributed by atoms with Gasteiger partial charge < -0.3 is 10.1 Å². The van der Waals surface area contributed by atoms with Crippen LogP contribution in [0.5, 0.6) is 5.75 Å². The van der Waals surface area contributed by atoms with Crippen LogP contribution in [0.25, 0.3) is 17.1 Å².